The van der Waals surface area contributed by atoms with Crippen molar-refractivity contribution < 1.29 is 41.9 Å². The molecule has 14 nitrogen and oxygen atoms in total. The molecule has 0 aliphatic carbocycles. The van der Waals surface area contributed by atoms with E-state index in [1.165, 1.54) is 43.6 Å². The number of pyridine rings is 1. The number of benzene rings is 1. The Hall–Kier alpha value is -5.00. The molecule has 3 amide bonds. The van der Waals surface area contributed by atoms with E-state index < -0.39 is 23.9 Å². The van der Waals surface area contributed by atoms with Crippen molar-refractivity contribution in [1.29, 1.82) is 0 Å². The van der Waals surface area contributed by atoms with Crippen molar-refractivity contribution in [3.8, 4) is 22.8 Å². The number of nitrogens with one attached hydrogen (secondary N) is 2. The largest absolute Gasteiger partial charge is 0.495 e. The van der Waals surface area contributed by atoms with Crippen LogP contribution >= 0.6 is 11.6 Å². The van der Waals surface area contributed by atoms with Gasteiger partial charge in [0.1, 0.15) is 18.4 Å². The SMILES string of the molecule is COc1ccc(-n2cc(-c3cnc(C(=O)Nc4ccc(C(=O)N5CCN(C(=O)[C@@H]6C[C@@H](O)C[N+]6(C)C)CC5)c(Cl)c4)[nH]3)c(C(F)(F)F)n2)nc1. The Morgan fingerprint density at radius 3 is 2.38 bits per heavy atom. The number of alkyl halides is 3. The predicted octanol–water partition coefficient (Wildman–Crippen LogP) is 3.08. The molecule has 1 aromatic carbocycles. The summed E-state index contributed by atoms with van der Waals surface area (Å²) in [6.45, 7) is 1.80. The molecule has 6 rings (SSSR count). The van der Waals surface area contributed by atoms with E-state index >= 15 is 0 Å². The summed E-state index contributed by atoms with van der Waals surface area (Å²) >= 11 is 6.46. The number of nitrogens with zero attached hydrogens (tertiary/aromatic N) is 7. The second kappa shape index (κ2) is 13.4. The maximum atomic E-state index is 13.9. The molecule has 2 aliphatic heterocycles. The monoisotopic (exact) mass is 716 g/mol. The summed E-state index contributed by atoms with van der Waals surface area (Å²) in [4.78, 5) is 53.5. The van der Waals surface area contributed by atoms with Gasteiger partial charge in [-0.2, -0.15) is 18.3 Å². The number of aliphatic hydroxyl groups excluding tert-OH is 1. The second-order valence-corrected chi connectivity index (χ2v) is 13.1. The van der Waals surface area contributed by atoms with Crippen LogP contribution in [0.15, 0.2) is 48.9 Å². The fourth-order valence-corrected chi connectivity index (χ4v) is 6.52. The average Bonchev–Trinajstić information content (AvgIpc) is 3.81. The number of methoxy groups -OCH3 is 1. The van der Waals surface area contributed by atoms with E-state index in [1.807, 2.05) is 14.1 Å². The number of anilines is 1. The maximum absolute atomic E-state index is 13.9. The van der Waals surface area contributed by atoms with E-state index in [0.29, 0.717) is 49.4 Å². The number of carbonyl (C=O) groups excluding carboxylic acids is 3. The summed E-state index contributed by atoms with van der Waals surface area (Å²) in [6, 6.07) is 6.95. The molecule has 3 N–H and O–H groups in total. The zero-order chi connectivity index (χ0) is 36.0. The van der Waals surface area contributed by atoms with Gasteiger partial charge in [0.2, 0.25) is 0 Å². The molecule has 0 bridgehead atoms. The van der Waals surface area contributed by atoms with Crippen molar-refractivity contribution in [2.24, 2.45) is 0 Å². The number of aliphatic hydroxyl groups is 1. The van der Waals surface area contributed by atoms with Crippen molar-refractivity contribution >= 4 is 35.0 Å². The minimum Gasteiger partial charge on any atom is -0.495 e. The number of quaternary nitrogens is 1. The molecule has 50 heavy (non-hydrogen) atoms. The Bertz CT molecular complexity index is 1920. The molecule has 2 saturated heterocycles. The van der Waals surface area contributed by atoms with E-state index in [2.05, 4.69) is 25.4 Å². The number of imidazole rings is 1. The highest BCUT2D eigenvalue weighted by Crippen LogP contribution is 2.36. The Labute approximate surface area is 289 Å². The molecular formula is C32H34ClF3N9O5+. The van der Waals surface area contributed by atoms with Gasteiger partial charge in [0.15, 0.2) is 23.4 Å². The number of hydrogen-bond donors (Lipinski definition) is 3. The number of ether oxygens (including phenoxy) is 1. The average molecular weight is 717 g/mol. The number of amides is 3. The number of hydrogen-bond acceptors (Lipinski definition) is 8. The summed E-state index contributed by atoms with van der Waals surface area (Å²) in [6.07, 6.45) is -1.39. The molecule has 0 spiro atoms. The van der Waals surface area contributed by atoms with Gasteiger partial charge in [0.05, 0.1) is 55.4 Å². The van der Waals surface area contributed by atoms with Gasteiger partial charge >= 0.3 is 6.18 Å². The number of likely N-dealkylation sites (N-methyl/N-ethyl adjacent to an activating group) is 1. The minimum atomic E-state index is -4.82. The molecule has 2 atom stereocenters. The van der Waals surface area contributed by atoms with Crippen LogP contribution < -0.4 is 10.1 Å². The molecule has 5 heterocycles. The van der Waals surface area contributed by atoms with Crippen LogP contribution in [0, 0.1) is 0 Å². The molecule has 2 aliphatic rings. The molecule has 2 fully saturated rings. The van der Waals surface area contributed by atoms with Crippen molar-refractivity contribution in [3.05, 3.63) is 71.0 Å². The van der Waals surface area contributed by atoms with E-state index in [4.69, 9.17) is 16.3 Å². The Morgan fingerprint density at radius 1 is 1.06 bits per heavy atom. The first-order valence-corrected chi connectivity index (χ1v) is 15.9. The van der Waals surface area contributed by atoms with E-state index in [0.717, 1.165) is 17.1 Å². The normalized spacial score (nSPS) is 19.0. The number of aromatic amines is 1. The van der Waals surface area contributed by atoms with Gasteiger partial charge in [0, 0.05) is 44.5 Å². The third-order valence-corrected chi connectivity index (χ3v) is 9.21. The van der Waals surface area contributed by atoms with Crippen LogP contribution in [0.25, 0.3) is 17.1 Å². The lowest BCUT2D eigenvalue weighted by molar-refractivity contribution is -0.894. The highest BCUT2D eigenvalue weighted by atomic mass is 35.5. The van der Waals surface area contributed by atoms with Crippen LogP contribution in [-0.2, 0) is 11.0 Å². The molecule has 18 heteroatoms. The number of H-pyrrole nitrogens is 1. The van der Waals surface area contributed by atoms with Crippen molar-refractivity contribution in [2.45, 2.75) is 24.7 Å². The van der Waals surface area contributed by atoms with Crippen molar-refractivity contribution in [3.63, 3.8) is 0 Å². The van der Waals surface area contributed by atoms with Crippen LogP contribution in [0.2, 0.25) is 5.02 Å². The first-order chi connectivity index (χ1) is 23.6. The van der Waals surface area contributed by atoms with Crippen LogP contribution in [-0.4, -0.2) is 128 Å². The van der Waals surface area contributed by atoms with Crippen LogP contribution in [0.4, 0.5) is 18.9 Å². The lowest BCUT2D eigenvalue weighted by Crippen LogP contribution is -2.58. The molecule has 264 valence electrons. The number of halogens is 4. The quantitative estimate of drug-likeness (QED) is 0.246. The van der Waals surface area contributed by atoms with Crippen LogP contribution in [0.3, 0.4) is 0 Å². The smallest absolute Gasteiger partial charge is 0.435 e. The number of rotatable bonds is 7. The van der Waals surface area contributed by atoms with Gasteiger partial charge in [-0.05, 0) is 30.3 Å². The summed E-state index contributed by atoms with van der Waals surface area (Å²) in [7, 11) is 5.28. The van der Waals surface area contributed by atoms with Crippen molar-refractivity contribution in [2.75, 3.05) is 59.2 Å². The fourth-order valence-electron chi connectivity index (χ4n) is 6.26. The number of likely N-dealkylation sites (tertiary alicyclic amines) is 1. The zero-order valence-corrected chi connectivity index (χ0v) is 28.0. The van der Waals surface area contributed by atoms with Gasteiger partial charge in [-0.15, -0.1) is 0 Å². The zero-order valence-electron chi connectivity index (χ0n) is 27.2. The third kappa shape index (κ3) is 7.01. The van der Waals surface area contributed by atoms with E-state index in [1.54, 1.807) is 9.80 Å². The second-order valence-electron chi connectivity index (χ2n) is 12.7. The highest BCUT2D eigenvalue weighted by Gasteiger charge is 2.46. The van der Waals surface area contributed by atoms with Gasteiger partial charge in [-0.25, -0.2) is 14.6 Å². The summed E-state index contributed by atoms with van der Waals surface area (Å²) < 4.78 is 48.2. The van der Waals surface area contributed by atoms with Gasteiger partial charge in [-0.3, -0.25) is 14.4 Å². The molecule has 3 aromatic heterocycles. The highest BCUT2D eigenvalue weighted by molar-refractivity contribution is 6.34. The molecule has 4 aromatic rings. The lowest BCUT2D eigenvalue weighted by atomic mass is 10.1. The summed E-state index contributed by atoms with van der Waals surface area (Å²) in [5.74, 6) is -0.891. The third-order valence-electron chi connectivity index (χ3n) is 8.90. The number of aromatic nitrogens is 5. The molecule has 0 radical (unpaired) electrons. The topological polar surface area (TPSA) is 159 Å². The standard InChI is InChI=1S/C32H33ClF3N9O5/c1-45(2)17-19(46)13-25(45)31(49)43-10-8-42(9-11-43)30(48)21-6-4-18(12-23(21)33)39-29(47)28-38-15-24(40-28)22-16-44(41-27(22)32(34,35)36)26-7-5-20(50-3)14-37-26/h4-7,12,14-16,19,25,46H,8-11,13,17H2,1-3H3,(H-,38,39,40,47,48)/p+1/t19-,25+/m1/s1. The maximum Gasteiger partial charge on any atom is 0.435 e. The van der Waals surface area contributed by atoms with Gasteiger partial charge in [-0.1, -0.05) is 11.6 Å². The Kier molecular flexibility index (Phi) is 9.32. The molecular weight excluding hydrogens is 683 g/mol. The van der Waals surface area contributed by atoms with Crippen molar-refractivity contribution in [1.82, 2.24) is 34.5 Å². The van der Waals surface area contributed by atoms with E-state index in [9.17, 15) is 32.7 Å². The summed E-state index contributed by atoms with van der Waals surface area (Å²) in [5.41, 5.74) is -1.24. The Morgan fingerprint density at radius 2 is 1.78 bits per heavy atom. The van der Waals surface area contributed by atoms with E-state index in [-0.39, 0.29) is 57.0 Å². The summed E-state index contributed by atoms with van der Waals surface area (Å²) in [5, 5.41) is 16.4. The lowest BCUT2D eigenvalue weighted by Gasteiger charge is -2.38. The first kappa shape index (κ1) is 34.8. The van der Waals surface area contributed by atoms with Gasteiger partial charge < -0.3 is 34.4 Å². The van der Waals surface area contributed by atoms with Crippen LogP contribution in [0.5, 0.6) is 5.75 Å². The Balaban J connectivity index is 1.10. The van der Waals surface area contributed by atoms with Gasteiger partial charge in [0.25, 0.3) is 17.7 Å². The molecule has 0 unspecified atom stereocenters. The predicted molar refractivity (Wildman–Crippen MR) is 174 cm³/mol. The number of piperazine rings is 1. The first-order valence-electron chi connectivity index (χ1n) is 15.6. The number of carbonyl (C=O) groups is 3. The minimum absolute atomic E-state index is 0.0397. The molecule has 0 saturated carbocycles. The fraction of sp³-hybridized carbons (Fsp3) is 0.375. The van der Waals surface area contributed by atoms with Crippen LogP contribution in [0.1, 0.15) is 33.1 Å².